The Balaban J connectivity index is 2.26. The van der Waals surface area contributed by atoms with Gasteiger partial charge in [-0.25, -0.2) is 9.79 Å². The van der Waals surface area contributed by atoms with Crippen molar-refractivity contribution in [2.45, 2.75) is 6.92 Å². The molecule has 0 bridgehead atoms. The van der Waals surface area contributed by atoms with Crippen molar-refractivity contribution in [1.82, 2.24) is 0 Å². The van der Waals surface area contributed by atoms with Gasteiger partial charge in [0.15, 0.2) is 11.6 Å². The van der Waals surface area contributed by atoms with E-state index < -0.39 is 5.97 Å². The molecule has 0 amide bonds. The average Bonchev–Trinajstić information content (AvgIpc) is 2.59. The van der Waals surface area contributed by atoms with E-state index in [4.69, 9.17) is 9.47 Å². The standard InChI is InChI=1S/C12H11NO3/c1-8-13-11(12(14)16-8)7-9-3-5-10(15-2)6-4-9/h3-7H,1-2H3. The van der Waals surface area contributed by atoms with Crippen LogP contribution in [0.1, 0.15) is 12.5 Å². The summed E-state index contributed by atoms with van der Waals surface area (Å²) in [4.78, 5) is 15.3. The Morgan fingerprint density at radius 3 is 2.50 bits per heavy atom. The molecule has 1 aromatic carbocycles. The molecule has 0 saturated carbocycles. The molecule has 0 aromatic heterocycles. The number of hydrogen-bond acceptors (Lipinski definition) is 4. The van der Waals surface area contributed by atoms with Crippen molar-refractivity contribution in [3.05, 3.63) is 35.5 Å². The van der Waals surface area contributed by atoms with Crippen LogP contribution >= 0.6 is 0 Å². The maximum atomic E-state index is 11.3. The molecular weight excluding hydrogens is 206 g/mol. The monoisotopic (exact) mass is 217 g/mol. The number of rotatable bonds is 2. The highest BCUT2D eigenvalue weighted by Gasteiger charge is 2.19. The zero-order valence-electron chi connectivity index (χ0n) is 9.06. The number of aliphatic imine (C=N–C) groups is 1. The highest BCUT2D eigenvalue weighted by molar-refractivity contribution is 6.06. The second-order valence-corrected chi connectivity index (χ2v) is 3.32. The highest BCUT2D eigenvalue weighted by atomic mass is 16.6. The van der Waals surface area contributed by atoms with Crippen LogP contribution in [0.4, 0.5) is 0 Å². The number of carbonyl (C=O) groups is 1. The van der Waals surface area contributed by atoms with E-state index in [1.807, 2.05) is 24.3 Å². The third-order valence-corrected chi connectivity index (χ3v) is 2.15. The zero-order chi connectivity index (χ0) is 11.5. The van der Waals surface area contributed by atoms with Gasteiger partial charge in [-0.1, -0.05) is 12.1 Å². The van der Waals surface area contributed by atoms with Gasteiger partial charge in [0.1, 0.15) is 5.75 Å². The zero-order valence-corrected chi connectivity index (χ0v) is 9.06. The van der Waals surface area contributed by atoms with E-state index in [0.717, 1.165) is 11.3 Å². The van der Waals surface area contributed by atoms with E-state index in [-0.39, 0.29) is 0 Å². The van der Waals surface area contributed by atoms with Gasteiger partial charge in [-0.15, -0.1) is 0 Å². The lowest BCUT2D eigenvalue weighted by Crippen LogP contribution is -1.99. The maximum absolute atomic E-state index is 11.3. The summed E-state index contributed by atoms with van der Waals surface area (Å²) >= 11 is 0. The summed E-state index contributed by atoms with van der Waals surface area (Å²) in [7, 11) is 1.61. The van der Waals surface area contributed by atoms with E-state index in [1.54, 1.807) is 20.1 Å². The van der Waals surface area contributed by atoms with Crippen LogP contribution in [-0.4, -0.2) is 19.0 Å². The van der Waals surface area contributed by atoms with Crippen molar-refractivity contribution >= 4 is 17.9 Å². The summed E-state index contributed by atoms with van der Waals surface area (Å²) in [5, 5.41) is 0. The fraction of sp³-hybridized carbons (Fsp3) is 0.167. The molecule has 0 radical (unpaired) electrons. The van der Waals surface area contributed by atoms with E-state index in [1.165, 1.54) is 0 Å². The molecular formula is C12H11NO3. The molecule has 82 valence electrons. The summed E-state index contributed by atoms with van der Waals surface area (Å²) in [6.07, 6.45) is 1.68. The first kappa shape index (κ1) is 10.4. The molecule has 0 atom stereocenters. The summed E-state index contributed by atoms with van der Waals surface area (Å²) in [5.41, 5.74) is 1.20. The number of nitrogens with zero attached hydrogens (tertiary/aromatic N) is 1. The van der Waals surface area contributed by atoms with E-state index in [0.29, 0.717) is 11.6 Å². The molecule has 0 N–H and O–H groups in total. The summed E-state index contributed by atoms with van der Waals surface area (Å²) in [6.45, 7) is 1.65. The van der Waals surface area contributed by atoms with Crippen molar-refractivity contribution < 1.29 is 14.3 Å². The summed E-state index contributed by atoms with van der Waals surface area (Å²) in [5.74, 6) is 0.744. The molecule has 1 heterocycles. The van der Waals surface area contributed by atoms with Crippen molar-refractivity contribution in [1.29, 1.82) is 0 Å². The Morgan fingerprint density at radius 1 is 1.31 bits per heavy atom. The lowest BCUT2D eigenvalue weighted by Gasteiger charge is -1.99. The number of esters is 1. The van der Waals surface area contributed by atoms with Crippen LogP contribution in [0.3, 0.4) is 0 Å². The van der Waals surface area contributed by atoms with E-state index in [2.05, 4.69) is 4.99 Å². The number of methoxy groups -OCH3 is 1. The van der Waals surface area contributed by atoms with Crippen molar-refractivity contribution in [3.63, 3.8) is 0 Å². The molecule has 1 aliphatic heterocycles. The first-order chi connectivity index (χ1) is 7.69. The Labute approximate surface area is 93.2 Å². The number of ether oxygens (including phenoxy) is 2. The third-order valence-electron chi connectivity index (χ3n) is 2.15. The molecule has 0 fully saturated rings. The molecule has 4 heteroatoms. The summed E-state index contributed by atoms with van der Waals surface area (Å²) in [6, 6.07) is 7.34. The molecule has 1 aromatic rings. The van der Waals surface area contributed by atoms with Crippen LogP contribution in [0.5, 0.6) is 5.75 Å². The first-order valence-electron chi connectivity index (χ1n) is 4.82. The molecule has 0 spiro atoms. The maximum Gasteiger partial charge on any atom is 0.363 e. The van der Waals surface area contributed by atoms with Crippen LogP contribution in [0.15, 0.2) is 35.0 Å². The minimum Gasteiger partial charge on any atom is -0.497 e. The SMILES string of the molecule is COc1ccc(C=C2N=C(C)OC2=O)cc1. The lowest BCUT2D eigenvalue weighted by atomic mass is 10.2. The quantitative estimate of drug-likeness (QED) is 0.562. The summed E-state index contributed by atoms with van der Waals surface area (Å²) < 4.78 is 9.85. The average molecular weight is 217 g/mol. The van der Waals surface area contributed by atoms with E-state index in [9.17, 15) is 4.79 Å². The van der Waals surface area contributed by atoms with Gasteiger partial charge in [0.05, 0.1) is 7.11 Å². The number of hydrogen-bond donors (Lipinski definition) is 0. The van der Waals surface area contributed by atoms with Crippen molar-refractivity contribution in [3.8, 4) is 5.75 Å². The number of benzene rings is 1. The predicted molar refractivity (Wildman–Crippen MR) is 60.2 cm³/mol. The first-order valence-corrected chi connectivity index (χ1v) is 4.82. The molecule has 0 unspecified atom stereocenters. The minimum absolute atomic E-state index is 0.322. The molecule has 16 heavy (non-hydrogen) atoms. The van der Waals surface area contributed by atoms with Gasteiger partial charge in [-0.2, -0.15) is 0 Å². The Kier molecular flexibility index (Phi) is 2.72. The van der Waals surface area contributed by atoms with Gasteiger partial charge in [-0.05, 0) is 23.8 Å². The van der Waals surface area contributed by atoms with Crippen molar-refractivity contribution in [2.24, 2.45) is 4.99 Å². The van der Waals surface area contributed by atoms with Gasteiger partial charge in [0, 0.05) is 6.92 Å². The number of cyclic esters (lactones) is 1. The van der Waals surface area contributed by atoms with Gasteiger partial charge in [-0.3, -0.25) is 0 Å². The highest BCUT2D eigenvalue weighted by Crippen LogP contribution is 2.17. The van der Waals surface area contributed by atoms with Crippen LogP contribution in [0, 0.1) is 0 Å². The Hall–Kier alpha value is -2.10. The van der Waals surface area contributed by atoms with Crippen LogP contribution in [0.25, 0.3) is 6.08 Å². The van der Waals surface area contributed by atoms with Crippen LogP contribution in [-0.2, 0) is 9.53 Å². The normalized spacial score (nSPS) is 17.2. The Morgan fingerprint density at radius 2 is 2.00 bits per heavy atom. The van der Waals surface area contributed by atoms with Crippen LogP contribution < -0.4 is 4.74 Å². The number of carbonyl (C=O) groups excluding carboxylic acids is 1. The smallest absolute Gasteiger partial charge is 0.363 e. The Bertz CT molecular complexity index is 472. The molecule has 0 saturated heterocycles. The van der Waals surface area contributed by atoms with Gasteiger partial charge < -0.3 is 9.47 Å². The topological polar surface area (TPSA) is 47.9 Å². The molecule has 2 rings (SSSR count). The predicted octanol–water partition coefficient (Wildman–Crippen LogP) is 2.01. The molecule has 1 aliphatic rings. The largest absolute Gasteiger partial charge is 0.497 e. The third kappa shape index (κ3) is 2.11. The fourth-order valence-electron chi connectivity index (χ4n) is 1.37. The van der Waals surface area contributed by atoms with Gasteiger partial charge >= 0.3 is 5.97 Å². The fourth-order valence-corrected chi connectivity index (χ4v) is 1.37. The second-order valence-electron chi connectivity index (χ2n) is 3.32. The second kappa shape index (κ2) is 4.18. The van der Waals surface area contributed by atoms with E-state index >= 15 is 0 Å². The van der Waals surface area contributed by atoms with Gasteiger partial charge in [0.25, 0.3) is 0 Å². The molecule has 0 aliphatic carbocycles. The van der Waals surface area contributed by atoms with Crippen molar-refractivity contribution in [2.75, 3.05) is 7.11 Å². The van der Waals surface area contributed by atoms with Crippen LogP contribution in [0.2, 0.25) is 0 Å². The minimum atomic E-state index is -0.409. The molecule has 4 nitrogen and oxygen atoms in total. The lowest BCUT2D eigenvalue weighted by molar-refractivity contribution is -0.130. The van der Waals surface area contributed by atoms with Gasteiger partial charge in [0.2, 0.25) is 0 Å².